The summed E-state index contributed by atoms with van der Waals surface area (Å²) in [6, 6.07) is 9.82. The summed E-state index contributed by atoms with van der Waals surface area (Å²) in [4.78, 5) is 0.375. The molecule has 2 aromatic carbocycles. The summed E-state index contributed by atoms with van der Waals surface area (Å²) in [5.41, 5.74) is 6.45. The number of benzene rings is 2. The van der Waals surface area contributed by atoms with Crippen molar-refractivity contribution < 1.29 is 4.74 Å². The van der Waals surface area contributed by atoms with Crippen molar-refractivity contribution in [1.29, 1.82) is 0 Å². The average Bonchev–Trinajstić information content (AvgIpc) is 2.26. The highest BCUT2D eigenvalue weighted by Crippen LogP contribution is 2.29. The fourth-order valence-electron chi connectivity index (χ4n) is 1.62. The highest BCUT2D eigenvalue weighted by molar-refractivity contribution is 9.10. The molecular formula is C12H10BrNOS. The minimum absolute atomic E-state index is 0.375. The van der Waals surface area contributed by atoms with Gasteiger partial charge in [-0.1, -0.05) is 28.1 Å². The van der Waals surface area contributed by atoms with Crippen molar-refractivity contribution >= 4 is 43.9 Å². The topological polar surface area (TPSA) is 35.2 Å². The van der Waals surface area contributed by atoms with Crippen LogP contribution < -0.4 is 10.5 Å². The second-order valence-corrected chi connectivity index (χ2v) is 4.76. The second kappa shape index (κ2) is 4.39. The largest absolute Gasteiger partial charge is 0.496 e. The van der Waals surface area contributed by atoms with Crippen molar-refractivity contribution in [1.82, 2.24) is 0 Å². The summed E-state index contributed by atoms with van der Waals surface area (Å²) in [6.45, 7) is 0. The second-order valence-electron chi connectivity index (χ2n) is 3.41. The number of hydrogen-bond donors (Lipinski definition) is 1. The van der Waals surface area contributed by atoms with Gasteiger partial charge < -0.3 is 10.5 Å². The predicted molar refractivity (Wildman–Crippen MR) is 74.1 cm³/mol. The lowest BCUT2D eigenvalue weighted by molar-refractivity contribution is 0.420. The van der Waals surface area contributed by atoms with Crippen molar-refractivity contribution in [2.24, 2.45) is 5.73 Å². The van der Waals surface area contributed by atoms with Crippen LogP contribution in [0, 0.1) is 0 Å². The van der Waals surface area contributed by atoms with E-state index in [0.29, 0.717) is 4.99 Å². The molecule has 2 N–H and O–H groups in total. The Labute approximate surface area is 108 Å². The normalized spacial score (nSPS) is 10.4. The highest BCUT2D eigenvalue weighted by atomic mass is 79.9. The first-order valence-corrected chi connectivity index (χ1v) is 5.89. The number of halogens is 1. The molecule has 2 aromatic rings. The van der Waals surface area contributed by atoms with Crippen molar-refractivity contribution in [2.45, 2.75) is 0 Å². The zero-order valence-electron chi connectivity index (χ0n) is 8.66. The zero-order chi connectivity index (χ0) is 11.7. The molecule has 0 heterocycles. The van der Waals surface area contributed by atoms with Gasteiger partial charge in [0.15, 0.2) is 0 Å². The van der Waals surface area contributed by atoms with E-state index in [-0.39, 0.29) is 0 Å². The molecule has 0 aliphatic heterocycles. The number of methoxy groups -OCH3 is 1. The first kappa shape index (κ1) is 11.4. The van der Waals surface area contributed by atoms with Gasteiger partial charge in [-0.2, -0.15) is 0 Å². The number of thiocarbonyl (C=S) groups is 1. The van der Waals surface area contributed by atoms with Crippen LogP contribution in [0.5, 0.6) is 5.75 Å². The summed E-state index contributed by atoms with van der Waals surface area (Å²) in [7, 11) is 1.64. The fraction of sp³-hybridized carbons (Fsp3) is 0.0833. The third-order valence-corrected chi connectivity index (χ3v) is 3.11. The maximum Gasteiger partial charge on any atom is 0.127 e. The molecule has 0 spiro atoms. The molecule has 82 valence electrons. The Morgan fingerprint density at radius 1 is 1.31 bits per heavy atom. The lowest BCUT2D eigenvalue weighted by Crippen LogP contribution is -2.09. The third-order valence-electron chi connectivity index (χ3n) is 2.38. The van der Waals surface area contributed by atoms with Crippen LogP contribution >= 0.6 is 28.1 Å². The van der Waals surface area contributed by atoms with E-state index in [2.05, 4.69) is 15.9 Å². The van der Waals surface area contributed by atoms with Gasteiger partial charge in [0, 0.05) is 15.4 Å². The predicted octanol–water partition coefficient (Wildman–Crippen LogP) is 3.25. The van der Waals surface area contributed by atoms with E-state index in [1.54, 1.807) is 7.11 Å². The van der Waals surface area contributed by atoms with Crippen LogP contribution in [0.4, 0.5) is 0 Å². The number of ether oxygens (including phenoxy) is 1. The minimum atomic E-state index is 0.375. The van der Waals surface area contributed by atoms with Crippen molar-refractivity contribution in [2.75, 3.05) is 7.11 Å². The molecule has 2 rings (SSSR count). The highest BCUT2D eigenvalue weighted by Gasteiger charge is 2.06. The molecule has 0 atom stereocenters. The summed E-state index contributed by atoms with van der Waals surface area (Å²) in [6.07, 6.45) is 0. The number of fused-ring (bicyclic) bond motifs is 1. The van der Waals surface area contributed by atoms with E-state index in [4.69, 9.17) is 22.7 Å². The Morgan fingerprint density at radius 2 is 2.06 bits per heavy atom. The van der Waals surface area contributed by atoms with Gasteiger partial charge in [-0.05, 0) is 35.7 Å². The molecular weight excluding hydrogens is 286 g/mol. The van der Waals surface area contributed by atoms with E-state index in [0.717, 1.165) is 26.6 Å². The molecule has 0 aliphatic carbocycles. The Balaban J connectivity index is 2.78. The molecule has 0 radical (unpaired) electrons. The third kappa shape index (κ3) is 2.03. The Bertz CT molecular complexity index is 568. The van der Waals surface area contributed by atoms with Crippen LogP contribution in [0.15, 0.2) is 34.8 Å². The number of nitrogens with two attached hydrogens (primary N) is 1. The lowest BCUT2D eigenvalue weighted by Gasteiger charge is -2.08. The van der Waals surface area contributed by atoms with Crippen LogP contribution in [0.2, 0.25) is 0 Å². The van der Waals surface area contributed by atoms with E-state index < -0.39 is 0 Å². The molecule has 0 bridgehead atoms. The molecule has 0 fully saturated rings. The zero-order valence-corrected chi connectivity index (χ0v) is 11.1. The van der Waals surface area contributed by atoms with Gasteiger partial charge in [-0.3, -0.25) is 0 Å². The van der Waals surface area contributed by atoms with Crippen molar-refractivity contribution in [3.8, 4) is 5.75 Å². The van der Waals surface area contributed by atoms with Crippen LogP contribution in [0.25, 0.3) is 10.8 Å². The van der Waals surface area contributed by atoms with Gasteiger partial charge in [0.2, 0.25) is 0 Å². The average molecular weight is 296 g/mol. The lowest BCUT2D eigenvalue weighted by atomic mass is 10.1. The molecule has 0 aromatic heterocycles. The van der Waals surface area contributed by atoms with Gasteiger partial charge in [-0.15, -0.1) is 0 Å². The van der Waals surface area contributed by atoms with Gasteiger partial charge in [0.05, 0.1) is 7.11 Å². The van der Waals surface area contributed by atoms with E-state index in [9.17, 15) is 0 Å². The van der Waals surface area contributed by atoms with E-state index in [1.165, 1.54) is 0 Å². The maximum absolute atomic E-state index is 5.63. The number of rotatable bonds is 2. The summed E-state index contributed by atoms with van der Waals surface area (Å²) >= 11 is 8.41. The van der Waals surface area contributed by atoms with E-state index in [1.807, 2.05) is 30.3 Å². The van der Waals surface area contributed by atoms with Crippen molar-refractivity contribution in [3.63, 3.8) is 0 Å². The molecule has 0 aliphatic rings. The molecule has 0 unspecified atom stereocenters. The fourth-order valence-corrected chi connectivity index (χ4v) is 2.11. The SMILES string of the molecule is COc1cc(C(N)=S)cc2cc(Br)ccc12. The van der Waals surface area contributed by atoms with Gasteiger partial charge >= 0.3 is 0 Å². The molecule has 4 heteroatoms. The Morgan fingerprint density at radius 3 is 2.69 bits per heavy atom. The summed E-state index contributed by atoms with van der Waals surface area (Å²) in [5.74, 6) is 0.785. The molecule has 2 nitrogen and oxygen atoms in total. The molecule has 0 amide bonds. The monoisotopic (exact) mass is 295 g/mol. The van der Waals surface area contributed by atoms with Gasteiger partial charge in [-0.25, -0.2) is 0 Å². The van der Waals surface area contributed by atoms with Gasteiger partial charge in [0.1, 0.15) is 10.7 Å². The summed E-state index contributed by atoms with van der Waals surface area (Å²) in [5, 5.41) is 2.10. The standard InChI is InChI=1S/C12H10BrNOS/c1-15-11-6-8(12(14)16)4-7-5-9(13)2-3-10(7)11/h2-6H,1H3,(H2,14,16). The first-order chi connectivity index (χ1) is 7.61. The van der Waals surface area contributed by atoms with Crippen LogP contribution in [0.3, 0.4) is 0 Å². The number of hydrogen-bond acceptors (Lipinski definition) is 2. The van der Waals surface area contributed by atoms with Crippen LogP contribution in [-0.4, -0.2) is 12.1 Å². The first-order valence-electron chi connectivity index (χ1n) is 4.69. The molecule has 0 saturated carbocycles. The quantitative estimate of drug-likeness (QED) is 0.864. The van der Waals surface area contributed by atoms with E-state index >= 15 is 0 Å². The minimum Gasteiger partial charge on any atom is -0.496 e. The smallest absolute Gasteiger partial charge is 0.127 e. The van der Waals surface area contributed by atoms with Gasteiger partial charge in [0.25, 0.3) is 0 Å². The molecule has 0 saturated heterocycles. The maximum atomic E-state index is 5.63. The van der Waals surface area contributed by atoms with Crippen LogP contribution in [0.1, 0.15) is 5.56 Å². The van der Waals surface area contributed by atoms with Crippen LogP contribution in [-0.2, 0) is 0 Å². The summed E-state index contributed by atoms with van der Waals surface area (Å²) < 4.78 is 6.34. The Kier molecular flexibility index (Phi) is 3.12. The molecule has 16 heavy (non-hydrogen) atoms. The van der Waals surface area contributed by atoms with Crippen molar-refractivity contribution in [3.05, 3.63) is 40.4 Å². The Hall–Kier alpha value is -1.13.